The molecule has 0 saturated carbocycles. The van der Waals surface area contributed by atoms with Crippen molar-refractivity contribution in [1.82, 2.24) is 4.90 Å². The van der Waals surface area contributed by atoms with E-state index in [4.69, 9.17) is 11.1 Å². The van der Waals surface area contributed by atoms with E-state index in [1.807, 2.05) is 6.07 Å². The molecule has 2 aromatic carbocycles. The summed E-state index contributed by atoms with van der Waals surface area (Å²) in [7, 11) is 2.19. The molecule has 4 nitrogen and oxygen atoms in total. The Morgan fingerprint density at radius 2 is 1.71 bits per heavy atom. The van der Waals surface area contributed by atoms with Gasteiger partial charge in [0.1, 0.15) is 11.5 Å². The van der Waals surface area contributed by atoms with E-state index in [1.54, 1.807) is 24.3 Å². The molecule has 28 heavy (non-hydrogen) atoms. The number of nitrogen functional groups attached to an aromatic ring is 1. The zero-order valence-corrected chi connectivity index (χ0v) is 16.1. The van der Waals surface area contributed by atoms with E-state index in [-0.39, 0.29) is 17.3 Å². The Kier molecular flexibility index (Phi) is 5.02. The second-order valence-electron chi connectivity index (χ2n) is 8.20. The summed E-state index contributed by atoms with van der Waals surface area (Å²) in [5.74, 6) is -0.0560. The third-order valence-electron chi connectivity index (χ3n) is 6.45. The van der Waals surface area contributed by atoms with Crippen molar-refractivity contribution in [3.8, 4) is 11.1 Å². The SMILES string of the molecule is CN1C2CCC1CC(CC(=O)C(=N)c1ccc(-c3ccc(F)cc3)cc1N)C2. The molecule has 2 aromatic rings. The minimum absolute atomic E-state index is 0.00516. The standard InChI is InChI=1S/C23H26FN3O/c1-27-18-7-8-19(27)11-14(10-18)12-22(28)23(26)20-9-4-16(13-21(20)25)15-2-5-17(24)6-3-15/h2-6,9,13-14,18-19,26H,7-8,10-12,25H2,1H3. The van der Waals surface area contributed by atoms with Gasteiger partial charge >= 0.3 is 0 Å². The molecule has 2 aliphatic rings. The summed E-state index contributed by atoms with van der Waals surface area (Å²) in [5, 5.41) is 8.36. The maximum absolute atomic E-state index is 13.1. The lowest BCUT2D eigenvalue weighted by atomic mass is 9.85. The van der Waals surface area contributed by atoms with Crippen molar-refractivity contribution in [3.05, 3.63) is 53.8 Å². The number of fused-ring (bicyclic) bond motifs is 2. The van der Waals surface area contributed by atoms with Crippen LogP contribution in [0.15, 0.2) is 42.5 Å². The van der Waals surface area contributed by atoms with Crippen LogP contribution in [0.3, 0.4) is 0 Å². The van der Waals surface area contributed by atoms with Crippen LogP contribution in [0, 0.1) is 17.1 Å². The van der Waals surface area contributed by atoms with Crippen molar-refractivity contribution in [2.24, 2.45) is 5.92 Å². The highest BCUT2D eigenvalue weighted by molar-refractivity contribution is 6.46. The summed E-state index contributed by atoms with van der Waals surface area (Å²) in [6.45, 7) is 0. The fourth-order valence-electron chi connectivity index (χ4n) is 4.82. The zero-order chi connectivity index (χ0) is 19.8. The van der Waals surface area contributed by atoms with Crippen LogP contribution in [0.2, 0.25) is 0 Å². The molecule has 5 heteroatoms. The van der Waals surface area contributed by atoms with E-state index < -0.39 is 0 Å². The first-order chi connectivity index (χ1) is 13.4. The predicted octanol–water partition coefficient (Wildman–Crippen LogP) is 4.27. The predicted molar refractivity (Wildman–Crippen MR) is 110 cm³/mol. The number of carbonyl (C=O) groups is 1. The lowest BCUT2D eigenvalue weighted by Crippen LogP contribution is -2.40. The van der Waals surface area contributed by atoms with Gasteiger partial charge in [-0.15, -0.1) is 0 Å². The highest BCUT2D eigenvalue weighted by Gasteiger charge is 2.39. The number of nitrogens with two attached hydrogens (primary N) is 1. The Bertz CT molecular complexity index is 895. The number of nitrogens with one attached hydrogen (secondary N) is 1. The van der Waals surface area contributed by atoms with Crippen molar-refractivity contribution < 1.29 is 9.18 Å². The maximum atomic E-state index is 13.1. The molecular weight excluding hydrogens is 353 g/mol. The molecule has 2 fully saturated rings. The van der Waals surface area contributed by atoms with Gasteiger partial charge in [0.05, 0.1) is 0 Å². The van der Waals surface area contributed by atoms with Gasteiger partial charge < -0.3 is 10.6 Å². The van der Waals surface area contributed by atoms with Crippen LogP contribution < -0.4 is 5.73 Å². The van der Waals surface area contributed by atoms with Gasteiger partial charge in [-0.25, -0.2) is 4.39 Å². The lowest BCUT2D eigenvalue weighted by Gasteiger charge is -2.36. The third-order valence-corrected chi connectivity index (χ3v) is 6.45. The molecule has 0 spiro atoms. The van der Waals surface area contributed by atoms with Crippen molar-refractivity contribution in [1.29, 1.82) is 5.41 Å². The number of Topliss-reactive ketones (excluding diaryl/α,β-unsaturated/α-hetero) is 1. The van der Waals surface area contributed by atoms with Crippen molar-refractivity contribution in [2.45, 2.75) is 44.2 Å². The highest BCUT2D eigenvalue weighted by Crippen LogP contribution is 2.39. The van der Waals surface area contributed by atoms with E-state index in [9.17, 15) is 9.18 Å². The van der Waals surface area contributed by atoms with Gasteiger partial charge in [0.2, 0.25) is 0 Å². The fourth-order valence-corrected chi connectivity index (χ4v) is 4.82. The number of ketones is 1. The van der Waals surface area contributed by atoms with Crippen LogP contribution >= 0.6 is 0 Å². The van der Waals surface area contributed by atoms with Crippen LogP contribution in [-0.2, 0) is 4.79 Å². The number of halogens is 1. The van der Waals surface area contributed by atoms with Crippen LogP contribution in [-0.4, -0.2) is 35.5 Å². The Morgan fingerprint density at radius 1 is 1.11 bits per heavy atom. The Hall–Kier alpha value is -2.53. The Labute approximate surface area is 165 Å². The van der Waals surface area contributed by atoms with E-state index in [2.05, 4.69) is 11.9 Å². The van der Waals surface area contributed by atoms with Gasteiger partial charge in [-0.05, 0) is 68.0 Å². The van der Waals surface area contributed by atoms with Gasteiger partial charge in [-0.2, -0.15) is 0 Å². The lowest BCUT2D eigenvalue weighted by molar-refractivity contribution is -0.114. The maximum Gasteiger partial charge on any atom is 0.181 e. The van der Waals surface area contributed by atoms with Gasteiger partial charge in [0, 0.05) is 29.8 Å². The minimum atomic E-state index is -0.289. The fraction of sp³-hybridized carbons (Fsp3) is 0.391. The normalized spacial score (nSPS) is 24.3. The zero-order valence-electron chi connectivity index (χ0n) is 16.1. The summed E-state index contributed by atoms with van der Waals surface area (Å²) in [5.41, 5.74) is 8.73. The molecule has 0 aromatic heterocycles. The van der Waals surface area contributed by atoms with E-state index in [0.29, 0.717) is 35.7 Å². The second kappa shape index (κ2) is 7.47. The van der Waals surface area contributed by atoms with E-state index in [0.717, 1.165) is 24.0 Å². The largest absolute Gasteiger partial charge is 0.398 e. The molecule has 0 amide bonds. The van der Waals surface area contributed by atoms with Crippen LogP contribution in [0.25, 0.3) is 11.1 Å². The summed E-state index contributed by atoms with van der Waals surface area (Å²) < 4.78 is 13.1. The third kappa shape index (κ3) is 3.59. The first kappa shape index (κ1) is 18.8. The summed E-state index contributed by atoms with van der Waals surface area (Å²) >= 11 is 0. The van der Waals surface area contributed by atoms with Crippen molar-refractivity contribution >= 4 is 17.2 Å². The molecule has 146 valence electrons. The number of anilines is 1. The first-order valence-corrected chi connectivity index (χ1v) is 9.92. The van der Waals surface area contributed by atoms with Gasteiger partial charge in [0.25, 0.3) is 0 Å². The average Bonchev–Trinajstić information content (AvgIpc) is 2.89. The van der Waals surface area contributed by atoms with Crippen LogP contribution in [0.5, 0.6) is 0 Å². The number of hydrogen-bond donors (Lipinski definition) is 2. The summed E-state index contributed by atoms with van der Waals surface area (Å²) in [6.07, 6.45) is 4.97. The Balaban J connectivity index is 1.45. The smallest absolute Gasteiger partial charge is 0.181 e. The average molecular weight is 379 g/mol. The van der Waals surface area contributed by atoms with Gasteiger partial charge in [-0.3, -0.25) is 10.2 Å². The molecule has 2 unspecified atom stereocenters. The number of hydrogen-bond acceptors (Lipinski definition) is 4. The van der Waals surface area contributed by atoms with Crippen LogP contribution in [0.1, 0.15) is 37.7 Å². The number of carbonyl (C=O) groups excluding carboxylic acids is 1. The van der Waals surface area contributed by atoms with E-state index >= 15 is 0 Å². The molecule has 0 aliphatic carbocycles. The Morgan fingerprint density at radius 3 is 2.32 bits per heavy atom. The molecule has 0 radical (unpaired) electrons. The molecule has 2 heterocycles. The van der Waals surface area contributed by atoms with Crippen LogP contribution in [0.4, 0.5) is 10.1 Å². The molecule has 4 rings (SSSR count). The molecule has 2 bridgehead atoms. The topological polar surface area (TPSA) is 70.2 Å². The van der Waals surface area contributed by atoms with Gasteiger partial charge in [0.15, 0.2) is 5.78 Å². The highest BCUT2D eigenvalue weighted by atomic mass is 19.1. The minimum Gasteiger partial charge on any atom is -0.398 e. The second-order valence-corrected chi connectivity index (χ2v) is 8.20. The number of nitrogens with zero attached hydrogens (tertiary/aromatic N) is 1. The van der Waals surface area contributed by atoms with Crippen molar-refractivity contribution in [3.63, 3.8) is 0 Å². The molecule has 2 aliphatic heterocycles. The quantitative estimate of drug-likeness (QED) is 0.602. The molecule has 3 N–H and O–H groups in total. The molecular formula is C23H26FN3O. The van der Waals surface area contributed by atoms with Crippen molar-refractivity contribution in [2.75, 3.05) is 12.8 Å². The van der Waals surface area contributed by atoms with Gasteiger partial charge in [-0.1, -0.05) is 24.3 Å². The molecule has 2 saturated heterocycles. The number of benzene rings is 2. The number of rotatable bonds is 5. The summed E-state index contributed by atoms with van der Waals surface area (Å²) in [6, 6.07) is 12.7. The van der Waals surface area contributed by atoms with E-state index in [1.165, 1.54) is 25.0 Å². The first-order valence-electron chi connectivity index (χ1n) is 9.92. The summed E-state index contributed by atoms with van der Waals surface area (Å²) in [4.78, 5) is 15.2. The number of piperidine rings is 1. The molecule has 2 atom stereocenters. The monoisotopic (exact) mass is 379 g/mol.